The van der Waals surface area contributed by atoms with Gasteiger partial charge < -0.3 is 14.2 Å². The Hall–Kier alpha value is -1.61. The number of hydrogen-bond acceptors (Lipinski definition) is 6. The molecule has 32 heavy (non-hydrogen) atoms. The van der Waals surface area contributed by atoms with E-state index < -0.39 is 41.0 Å². The number of nitrogens with zero attached hydrogens (tertiary/aromatic N) is 1. The van der Waals surface area contributed by atoms with E-state index in [0.29, 0.717) is 14.9 Å². The molecule has 0 radical (unpaired) electrons. The van der Waals surface area contributed by atoms with Gasteiger partial charge in [-0.15, -0.1) is 0 Å². The molecule has 1 rings (SSSR count). The molecule has 0 spiro atoms. The quantitative estimate of drug-likeness (QED) is 0.294. The molecule has 7 nitrogen and oxygen atoms in total. The highest BCUT2D eigenvalue weighted by atomic mass is 79.9. The molecular formula is C23H33Br2NO6. The predicted molar refractivity (Wildman–Crippen MR) is 129 cm³/mol. The van der Waals surface area contributed by atoms with Gasteiger partial charge in [0.05, 0.1) is 0 Å². The van der Waals surface area contributed by atoms with Crippen molar-refractivity contribution in [2.24, 2.45) is 0 Å². The van der Waals surface area contributed by atoms with Gasteiger partial charge in [0, 0.05) is 15.4 Å². The Bertz CT molecular complexity index is 822. The van der Waals surface area contributed by atoms with Gasteiger partial charge in [0.15, 0.2) is 0 Å². The maximum absolute atomic E-state index is 13.2. The Morgan fingerprint density at radius 2 is 1.25 bits per heavy atom. The van der Waals surface area contributed by atoms with Gasteiger partial charge in [0.2, 0.25) is 0 Å². The third-order valence-corrected chi connectivity index (χ3v) is 4.83. The number of halogens is 2. The molecular weight excluding hydrogens is 546 g/mol. The summed E-state index contributed by atoms with van der Waals surface area (Å²) in [6.45, 7) is 15.2. The molecule has 1 atom stereocenters. The lowest BCUT2D eigenvalue weighted by atomic mass is 10.0. The predicted octanol–water partition coefficient (Wildman–Crippen LogP) is 6.64. The highest BCUT2D eigenvalue weighted by Crippen LogP contribution is 2.27. The van der Waals surface area contributed by atoms with Crippen LogP contribution in [-0.2, 0) is 25.4 Å². The molecule has 1 unspecified atom stereocenters. The van der Waals surface area contributed by atoms with Crippen molar-refractivity contribution in [2.75, 3.05) is 0 Å². The Morgan fingerprint density at radius 3 is 1.62 bits per heavy atom. The summed E-state index contributed by atoms with van der Waals surface area (Å²) in [7, 11) is 0. The number of benzene rings is 1. The summed E-state index contributed by atoms with van der Waals surface area (Å²) in [6, 6.07) is 4.09. The normalized spacial score (nSPS) is 13.2. The minimum absolute atomic E-state index is 0.00125. The first-order valence-electron chi connectivity index (χ1n) is 10.2. The van der Waals surface area contributed by atoms with Gasteiger partial charge in [0.25, 0.3) is 0 Å². The maximum Gasteiger partial charge on any atom is 0.420 e. The molecule has 0 aliphatic carbocycles. The van der Waals surface area contributed by atoms with Crippen molar-refractivity contribution < 1.29 is 28.6 Å². The van der Waals surface area contributed by atoms with Gasteiger partial charge in [0.1, 0.15) is 22.8 Å². The van der Waals surface area contributed by atoms with E-state index >= 15 is 0 Å². The largest absolute Gasteiger partial charge is 0.458 e. The minimum atomic E-state index is -1.31. The van der Waals surface area contributed by atoms with Gasteiger partial charge in [-0.25, -0.2) is 14.4 Å². The van der Waals surface area contributed by atoms with Crippen LogP contribution in [0, 0.1) is 0 Å². The first kappa shape index (κ1) is 28.4. The summed E-state index contributed by atoms with van der Waals surface area (Å²) in [5.41, 5.74) is -1.93. The van der Waals surface area contributed by atoms with Gasteiger partial charge in [-0.1, -0.05) is 37.9 Å². The first-order valence-corrected chi connectivity index (χ1v) is 11.8. The fraction of sp³-hybridized carbons (Fsp3) is 0.609. The standard InChI is InChI=1S/C23H33Br2NO6/c1-21(2,3)30-18(27)17(12-14-10-11-15(24)13-16(14)25)26(19(28)31-22(4,5)6)20(29)32-23(7,8)9/h10-11,13,17H,12H2,1-9H3. The third-order valence-electron chi connectivity index (χ3n) is 3.60. The average Bonchev–Trinajstić information content (AvgIpc) is 2.51. The van der Waals surface area contributed by atoms with Crippen molar-refractivity contribution >= 4 is 50.0 Å². The van der Waals surface area contributed by atoms with Crippen molar-refractivity contribution in [3.8, 4) is 0 Å². The molecule has 0 saturated carbocycles. The van der Waals surface area contributed by atoms with Gasteiger partial charge >= 0.3 is 18.2 Å². The van der Waals surface area contributed by atoms with Crippen molar-refractivity contribution in [3.05, 3.63) is 32.7 Å². The molecule has 0 N–H and O–H groups in total. The third kappa shape index (κ3) is 9.90. The molecule has 0 bridgehead atoms. The molecule has 180 valence electrons. The van der Waals surface area contributed by atoms with Crippen LogP contribution < -0.4 is 0 Å². The zero-order valence-corrected chi connectivity index (χ0v) is 23.3. The second-order valence-electron chi connectivity index (χ2n) is 10.3. The summed E-state index contributed by atoms with van der Waals surface area (Å²) in [5, 5.41) is 0. The Labute approximate surface area is 207 Å². The van der Waals surface area contributed by atoms with Crippen LogP contribution in [-0.4, -0.2) is 45.9 Å². The van der Waals surface area contributed by atoms with E-state index in [9.17, 15) is 14.4 Å². The van der Waals surface area contributed by atoms with Gasteiger partial charge in [-0.05, 0) is 80.0 Å². The van der Waals surface area contributed by atoms with E-state index in [2.05, 4.69) is 31.9 Å². The molecule has 0 aliphatic heterocycles. The summed E-state index contributed by atoms with van der Waals surface area (Å²) >= 11 is 6.87. The average molecular weight is 579 g/mol. The van der Waals surface area contributed by atoms with Crippen molar-refractivity contribution in [3.63, 3.8) is 0 Å². The van der Waals surface area contributed by atoms with Crippen LogP contribution in [0.1, 0.15) is 67.9 Å². The van der Waals surface area contributed by atoms with Crippen molar-refractivity contribution in [1.29, 1.82) is 0 Å². The molecule has 0 fully saturated rings. The number of ether oxygens (including phenoxy) is 3. The van der Waals surface area contributed by atoms with Crippen molar-refractivity contribution in [2.45, 2.75) is 91.6 Å². The Kier molecular flexibility index (Phi) is 9.37. The SMILES string of the molecule is CC(C)(C)OC(=O)C(Cc1ccc(Br)cc1Br)N(C(=O)OC(C)(C)C)C(=O)OC(C)(C)C. The second-order valence-corrected chi connectivity index (χ2v) is 12.1. The van der Waals surface area contributed by atoms with E-state index in [1.807, 2.05) is 6.07 Å². The molecule has 2 amide bonds. The molecule has 1 aromatic carbocycles. The highest BCUT2D eigenvalue weighted by molar-refractivity contribution is 9.11. The summed E-state index contributed by atoms with van der Waals surface area (Å²) in [6.07, 6.45) is -1.98. The van der Waals surface area contributed by atoms with Crippen LogP contribution in [0.5, 0.6) is 0 Å². The number of carbonyl (C=O) groups is 3. The van der Waals surface area contributed by atoms with E-state index in [0.717, 1.165) is 4.47 Å². The first-order chi connectivity index (χ1) is 14.3. The highest BCUT2D eigenvalue weighted by Gasteiger charge is 2.42. The van der Waals surface area contributed by atoms with Gasteiger partial charge in [-0.2, -0.15) is 4.90 Å². The van der Waals surface area contributed by atoms with Crippen LogP contribution in [0.25, 0.3) is 0 Å². The molecule has 0 heterocycles. The van der Waals surface area contributed by atoms with Crippen LogP contribution in [0.3, 0.4) is 0 Å². The number of hydrogen-bond donors (Lipinski definition) is 0. The lowest BCUT2D eigenvalue weighted by Crippen LogP contribution is -2.54. The number of rotatable bonds is 4. The molecule has 0 saturated heterocycles. The molecule has 1 aromatic rings. The van der Waals surface area contributed by atoms with Gasteiger partial charge in [-0.3, -0.25) is 0 Å². The lowest BCUT2D eigenvalue weighted by Gasteiger charge is -2.34. The fourth-order valence-corrected chi connectivity index (χ4v) is 3.71. The van der Waals surface area contributed by atoms with Crippen LogP contribution in [0.15, 0.2) is 27.1 Å². The summed E-state index contributed by atoms with van der Waals surface area (Å²) < 4.78 is 18.0. The smallest absolute Gasteiger partial charge is 0.420 e. The van der Waals surface area contributed by atoms with Crippen molar-refractivity contribution in [1.82, 2.24) is 4.90 Å². The number of esters is 1. The molecule has 9 heteroatoms. The Balaban J connectivity index is 3.53. The van der Waals surface area contributed by atoms with E-state index in [1.165, 1.54) is 0 Å². The van der Waals surface area contributed by atoms with E-state index in [-0.39, 0.29) is 6.42 Å². The zero-order valence-electron chi connectivity index (χ0n) is 20.2. The van der Waals surface area contributed by atoms with Crippen LogP contribution in [0.4, 0.5) is 9.59 Å². The molecule has 0 aromatic heterocycles. The monoisotopic (exact) mass is 577 g/mol. The maximum atomic E-state index is 13.2. The van der Waals surface area contributed by atoms with Crippen LogP contribution >= 0.6 is 31.9 Å². The number of imide groups is 1. The zero-order chi connectivity index (χ0) is 25.1. The molecule has 0 aliphatic rings. The Morgan fingerprint density at radius 1 is 0.812 bits per heavy atom. The fourth-order valence-electron chi connectivity index (χ4n) is 2.50. The second kappa shape index (κ2) is 10.5. The number of amides is 2. The summed E-state index contributed by atoms with van der Waals surface area (Å²) in [4.78, 5) is 40.1. The van der Waals surface area contributed by atoms with E-state index in [4.69, 9.17) is 14.2 Å². The van der Waals surface area contributed by atoms with Crippen LogP contribution in [0.2, 0.25) is 0 Å². The number of carbonyl (C=O) groups excluding carboxylic acids is 3. The minimum Gasteiger partial charge on any atom is -0.458 e. The van der Waals surface area contributed by atoms with E-state index in [1.54, 1.807) is 74.4 Å². The summed E-state index contributed by atoms with van der Waals surface area (Å²) in [5.74, 6) is -0.746. The lowest BCUT2D eigenvalue weighted by molar-refractivity contribution is -0.161. The topological polar surface area (TPSA) is 82.1 Å².